The summed E-state index contributed by atoms with van der Waals surface area (Å²) in [6.07, 6.45) is 5.68. The maximum absolute atomic E-state index is 6.53. The molecule has 0 spiro atoms. The van der Waals surface area contributed by atoms with Gasteiger partial charge in [-0.25, -0.2) is 0 Å². The van der Waals surface area contributed by atoms with Crippen LogP contribution in [0.25, 0.3) is 0 Å². The van der Waals surface area contributed by atoms with Gasteiger partial charge in [0.2, 0.25) is 0 Å². The van der Waals surface area contributed by atoms with Gasteiger partial charge in [0, 0.05) is 0 Å². The molecule has 105 valence electrons. The van der Waals surface area contributed by atoms with Crippen LogP contribution in [0.1, 0.15) is 13.3 Å². The molecule has 0 aromatic rings. The summed E-state index contributed by atoms with van der Waals surface area (Å²) in [7, 11) is -2.37. The number of rotatable bonds is 4. The van der Waals surface area contributed by atoms with Crippen molar-refractivity contribution in [2.45, 2.75) is 51.3 Å². The first-order valence-corrected chi connectivity index (χ1v) is 13.1. The Morgan fingerprint density at radius 2 is 1.78 bits per heavy atom. The molecule has 1 unspecified atom stereocenters. The first kappa shape index (κ1) is 21.5. The van der Waals surface area contributed by atoms with Crippen LogP contribution in [0.4, 0.5) is 0 Å². The standard InChI is InChI=1S/C12H23OSi2.2ClH.Ti/c1-12(14(2)3,13-15(4,5)6)11-9-7-8-10-11;;;/h7,9,14H,8H2,1-6H3;2*1H;. The summed E-state index contributed by atoms with van der Waals surface area (Å²) in [6.45, 7) is 14.0. The summed E-state index contributed by atoms with van der Waals surface area (Å²) < 4.78 is 8.03. The molecule has 0 aromatic carbocycles. The fraction of sp³-hybridized carbons (Fsp3) is 0.667. The maximum atomic E-state index is 6.53. The Morgan fingerprint density at radius 1 is 1.28 bits per heavy atom. The minimum Gasteiger partial charge on any atom is -0.147 e. The van der Waals surface area contributed by atoms with Crippen LogP contribution >= 0.6 is 24.8 Å². The van der Waals surface area contributed by atoms with E-state index in [1.807, 2.05) is 0 Å². The second kappa shape index (κ2) is 7.82. The van der Waals surface area contributed by atoms with Gasteiger partial charge in [0.15, 0.2) is 0 Å². The van der Waals surface area contributed by atoms with E-state index >= 15 is 0 Å². The van der Waals surface area contributed by atoms with Crippen molar-refractivity contribution >= 4 is 41.9 Å². The molecule has 1 rings (SSSR count). The molecule has 0 radical (unpaired) electrons. The Kier molecular flexibility index (Phi) is 9.33. The zero-order valence-corrected chi connectivity index (χ0v) is 17.5. The Bertz CT molecular complexity index is 337. The molecule has 0 saturated carbocycles. The summed E-state index contributed by atoms with van der Waals surface area (Å²) in [5.41, 5.74) is 1.47. The summed E-state index contributed by atoms with van der Waals surface area (Å²) in [4.78, 5) is 0. The molecule has 1 aliphatic rings. The van der Waals surface area contributed by atoms with Crippen LogP contribution in [0.3, 0.4) is 0 Å². The Hall–Kier alpha value is 1.17. The first-order valence-electron chi connectivity index (χ1n) is 5.99. The largest absolute Gasteiger partial charge is 0.147 e. The number of hydrogen-bond donors (Lipinski definition) is 0. The molecule has 0 fully saturated rings. The summed E-state index contributed by atoms with van der Waals surface area (Å²) in [6, 6.07) is 0. The number of allylic oxidation sites excluding steroid dienone is 2. The van der Waals surface area contributed by atoms with Crippen molar-refractivity contribution in [3.63, 3.8) is 0 Å². The molecule has 18 heavy (non-hydrogen) atoms. The fourth-order valence-electron chi connectivity index (χ4n) is 2.09. The van der Waals surface area contributed by atoms with E-state index in [1.165, 1.54) is 9.45 Å². The van der Waals surface area contributed by atoms with Crippen LogP contribution < -0.4 is 0 Å². The van der Waals surface area contributed by atoms with Crippen molar-refractivity contribution < 1.29 is 24.9 Å². The predicted molar refractivity (Wildman–Crippen MR) is 87.0 cm³/mol. The van der Waals surface area contributed by atoms with E-state index in [1.54, 1.807) is 0 Å². The zero-order valence-electron chi connectivity index (χ0n) is 12.2. The second-order valence-electron chi connectivity index (χ2n) is 5.97. The average molecular weight is 360 g/mol. The molecule has 0 N–H and O–H groups in total. The van der Waals surface area contributed by atoms with Gasteiger partial charge in [-0.05, 0) is 0 Å². The summed E-state index contributed by atoms with van der Waals surface area (Å²) in [5.74, 6) is 0. The summed E-state index contributed by atoms with van der Waals surface area (Å²) in [5, 5.41) is 0.0293. The van der Waals surface area contributed by atoms with Gasteiger partial charge in [-0.3, -0.25) is 0 Å². The van der Waals surface area contributed by atoms with Crippen molar-refractivity contribution in [2.24, 2.45) is 0 Å². The Morgan fingerprint density at radius 3 is 2.06 bits per heavy atom. The second-order valence-corrected chi connectivity index (χ2v) is 14.8. The first-order chi connectivity index (χ1) is 7.17. The molecule has 0 aliphatic heterocycles. The third-order valence-corrected chi connectivity index (χ3v) is 7.73. The third kappa shape index (κ3) is 5.27. The van der Waals surface area contributed by atoms with Gasteiger partial charge in [0.05, 0.1) is 0 Å². The monoisotopic (exact) mass is 359 g/mol. The third-order valence-electron chi connectivity index (χ3n) is 3.09. The van der Waals surface area contributed by atoms with Crippen LogP contribution in [0, 0.1) is 0 Å². The van der Waals surface area contributed by atoms with Crippen molar-refractivity contribution in [3.8, 4) is 0 Å². The number of hydrogen-bond acceptors (Lipinski definition) is 1. The van der Waals surface area contributed by atoms with Gasteiger partial charge in [0.25, 0.3) is 0 Å². The van der Waals surface area contributed by atoms with Crippen molar-refractivity contribution in [1.82, 2.24) is 0 Å². The van der Waals surface area contributed by atoms with E-state index < -0.39 is 17.1 Å². The van der Waals surface area contributed by atoms with Crippen LogP contribution in [0.15, 0.2) is 21.6 Å². The molecule has 0 bridgehead atoms. The van der Waals surface area contributed by atoms with E-state index in [9.17, 15) is 0 Å². The van der Waals surface area contributed by atoms with Crippen LogP contribution in [-0.4, -0.2) is 22.3 Å². The van der Waals surface area contributed by atoms with Gasteiger partial charge >= 0.3 is 115 Å². The van der Waals surface area contributed by atoms with Crippen molar-refractivity contribution in [3.05, 3.63) is 21.6 Å². The average Bonchev–Trinajstić information content (AvgIpc) is 2.48. The van der Waals surface area contributed by atoms with E-state index in [-0.39, 0.29) is 30.0 Å². The number of halogens is 2. The topological polar surface area (TPSA) is 9.23 Å². The molecule has 1 nitrogen and oxygen atoms in total. The van der Waals surface area contributed by atoms with Gasteiger partial charge in [0.1, 0.15) is 0 Å². The molecule has 1 aliphatic carbocycles. The molecule has 0 aromatic heterocycles. The predicted octanol–water partition coefficient (Wildman–Crippen LogP) is 4.23. The van der Waals surface area contributed by atoms with Crippen LogP contribution in [0.2, 0.25) is 32.7 Å². The van der Waals surface area contributed by atoms with Crippen LogP contribution in [-0.2, 0) is 24.9 Å². The molecule has 0 saturated heterocycles. The minimum atomic E-state index is -1.49. The fourth-order valence-corrected chi connectivity index (χ4v) is 7.30. The smallest absolute Gasteiger partial charge is 0.147 e. The maximum Gasteiger partial charge on any atom is -0.147 e. The molecule has 1 atom stereocenters. The van der Waals surface area contributed by atoms with Gasteiger partial charge in [-0.15, -0.1) is 24.8 Å². The Labute approximate surface area is 139 Å². The quantitative estimate of drug-likeness (QED) is 0.682. The van der Waals surface area contributed by atoms with Gasteiger partial charge < -0.3 is 0 Å². The van der Waals surface area contributed by atoms with Gasteiger partial charge in [-0.2, -0.15) is 0 Å². The van der Waals surface area contributed by atoms with E-state index in [2.05, 4.69) is 72.2 Å². The van der Waals surface area contributed by atoms with E-state index in [0.717, 1.165) is 6.42 Å². The SMILES string of the molecule is C[SiH](C)C(C)(O[Si](C)(C)C)C1=[C]([Ti])CC=C1.Cl.Cl. The molecule has 0 heterocycles. The van der Waals surface area contributed by atoms with Gasteiger partial charge in [-0.1, -0.05) is 0 Å². The van der Waals surface area contributed by atoms with Crippen molar-refractivity contribution in [1.29, 1.82) is 0 Å². The summed E-state index contributed by atoms with van der Waals surface area (Å²) >= 11 is 2.25. The van der Waals surface area contributed by atoms with E-state index in [0.29, 0.717) is 0 Å². The normalized spacial score (nSPS) is 18.3. The molecule has 6 heteroatoms. The Balaban J connectivity index is 0. The minimum absolute atomic E-state index is 0. The van der Waals surface area contributed by atoms with Crippen molar-refractivity contribution in [2.75, 3.05) is 0 Å². The molecule has 0 amide bonds. The molecular weight excluding hydrogens is 335 g/mol. The van der Waals surface area contributed by atoms with E-state index in [4.69, 9.17) is 4.43 Å². The van der Waals surface area contributed by atoms with Crippen LogP contribution in [0.5, 0.6) is 0 Å². The zero-order chi connectivity index (χ0) is 12.6. The molecular formula is C12H25Cl2OSi2Ti.